The van der Waals surface area contributed by atoms with Gasteiger partial charge in [0, 0.05) is 68.9 Å². The molecule has 47 heavy (non-hydrogen) atoms. The van der Waals surface area contributed by atoms with Crippen molar-refractivity contribution in [3.05, 3.63) is 59.7 Å². The predicted octanol–water partition coefficient (Wildman–Crippen LogP) is 4.09. The summed E-state index contributed by atoms with van der Waals surface area (Å²) in [6.45, 7) is 4.79. The van der Waals surface area contributed by atoms with Crippen molar-refractivity contribution < 1.29 is 36.6 Å². The minimum absolute atomic E-state index is 0.0333. The zero-order valence-corrected chi connectivity index (χ0v) is 26.6. The summed E-state index contributed by atoms with van der Waals surface area (Å²) in [5, 5.41) is 2.81. The Morgan fingerprint density at radius 2 is 1.87 bits per heavy atom. The number of hydrogen-bond acceptors (Lipinski definition) is 9. The van der Waals surface area contributed by atoms with E-state index in [1.54, 1.807) is 42.5 Å². The number of likely N-dealkylation sites (N-methyl/N-ethyl adjacent to an activating group) is 1. The summed E-state index contributed by atoms with van der Waals surface area (Å²) in [4.78, 5) is 44.9. The first-order valence-corrected chi connectivity index (χ1v) is 15.3. The molecule has 2 aliphatic rings. The van der Waals surface area contributed by atoms with E-state index >= 15 is 0 Å². The number of methoxy groups -OCH3 is 1. The van der Waals surface area contributed by atoms with Gasteiger partial charge >= 0.3 is 6.18 Å². The number of anilines is 1. The van der Waals surface area contributed by atoms with E-state index in [0.29, 0.717) is 42.3 Å². The summed E-state index contributed by atoms with van der Waals surface area (Å²) in [6, 6.07) is 6.35. The molecule has 252 valence electrons. The molecule has 5 rings (SSSR count). The Morgan fingerprint density at radius 1 is 1.09 bits per heavy atom. The molecule has 2 aliphatic heterocycles. The number of carbonyl (C=O) groups is 2. The molecule has 0 aromatic carbocycles. The van der Waals surface area contributed by atoms with E-state index in [4.69, 9.17) is 14.5 Å². The fourth-order valence-corrected chi connectivity index (χ4v) is 5.99. The van der Waals surface area contributed by atoms with E-state index in [9.17, 15) is 27.2 Å². The molecule has 15 heteroatoms. The van der Waals surface area contributed by atoms with Crippen LogP contribution < -0.4 is 19.7 Å². The molecule has 0 saturated carbocycles. The van der Waals surface area contributed by atoms with Gasteiger partial charge < -0.3 is 29.5 Å². The van der Waals surface area contributed by atoms with Crippen molar-refractivity contribution in [1.82, 2.24) is 30.1 Å². The van der Waals surface area contributed by atoms with Crippen molar-refractivity contribution in [1.29, 1.82) is 0 Å². The average molecular weight is 660 g/mol. The number of rotatable bonds is 9. The number of halogens is 4. The topological polar surface area (TPSA) is 113 Å². The average Bonchev–Trinajstić information content (AvgIpc) is 3.39. The van der Waals surface area contributed by atoms with Gasteiger partial charge in [-0.3, -0.25) is 14.6 Å². The van der Waals surface area contributed by atoms with Crippen molar-refractivity contribution in [3.63, 3.8) is 0 Å². The Kier molecular flexibility index (Phi) is 10.1. The second kappa shape index (κ2) is 14.1. The monoisotopic (exact) mass is 659 g/mol. The molecule has 1 N–H and O–H groups in total. The molecule has 5 heterocycles. The summed E-state index contributed by atoms with van der Waals surface area (Å²) in [6.07, 6.45) is -2.46. The Bertz CT molecular complexity index is 1590. The summed E-state index contributed by atoms with van der Waals surface area (Å²) in [5.74, 6) is -1.26. The highest BCUT2D eigenvalue weighted by atomic mass is 19.4. The van der Waals surface area contributed by atoms with Crippen LogP contribution in [0.4, 0.5) is 23.2 Å². The van der Waals surface area contributed by atoms with E-state index in [0.717, 1.165) is 6.07 Å². The second-order valence-corrected chi connectivity index (χ2v) is 11.4. The molecule has 0 bridgehead atoms. The normalized spacial score (nSPS) is 20.3. The zero-order valence-electron chi connectivity index (χ0n) is 26.6. The number of ether oxygens (including phenoxy) is 2. The number of piperazine rings is 1. The highest BCUT2D eigenvalue weighted by Gasteiger charge is 2.41. The number of nitrogens with zero attached hydrogens (tertiary/aromatic N) is 6. The molecule has 2 fully saturated rings. The first-order valence-electron chi connectivity index (χ1n) is 15.3. The standard InChI is InChI=1S/C32H37F4N7O4/c1-5-20-16-42(31(45)21-9-10-26(46-4)39-29(21)32(34,35)36)12-13-43(20)24-14-25(47-6-2)27(19-8-7-11-37-15-19)40-28(24)30(44)38-23-18-41(3)17-22(23)33/h7-11,14-15,20,22-23H,5-6,12-13,16-18H2,1-4H3,(H,38,44)/t20-,22-,23+/m1/s1. The molecule has 0 unspecified atom stereocenters. The molecule has 0 spiro atoms. The third-order valence-electron chi connectivity index (χ3n) is 8.29. The fourth-order valence-electron chi connectivity index (χ4n) is 5.99. The smallest absolute Gasteiger partial charge is 0.434 e. The maximum atomic E-state index is 14.8. The molecule has 3 aromatic rings. The quantitative estimate of drug-likeness (QED) is 0.340. The van der Waals surface area contributed by atoms with Gasteiger partial charge in [-0.05, 0) is 38.6 Å². The lowest BCUT2D eigenvalue weighted by molar-refractivity contribution is -0.141. The maximum absolute atomic E-state index is 14.8. The highest BCUT2D eigenvalue weighted by Crippen LogP contribution is 2.37. The molecular weight excluding hydrogens is 622 g/mol. The largest absolute Gasteiger partial charge is 0.492 e. The third-order valence-corrected chi connectivity index (χ3v) is 8.29. The van der Waals surface area contributed by atoms with Crippen LogP contribution in [-0.2, 0) is 6.18 Å². The first kappa shape index (κ1) is 33.8. The number of alkyl halides is 4. The number of likely N-dealkylation sites (tertiary alicyclic amines) is 1. The lowest BCUT2D eigenvalue weighted by atomic mass is 10.0. The van der Waals surface area contributed by atoms with Crippen molar-refractivity contribution in [3.8, 4) is 22.9 Å². The Labute approximate surface area is 269 Å². The van der Waals surface area contributed by atoms with Gasteiger partial charge in [-0.25, -0.2) is 14.4 Å². The van der Waals surface area contributed by atoms with Gasteiger partial charge in [-0.2, -0.15) is 13.2 Å². The Hall–Kier alpha value is -4.53. The minimum atomic E-state index is -4.88. The summed E-state index contributed by atoms with van der Waals surface area (Å²) < 4.78 is 67.3. The van der Waals surface area contributed by atoms with E-state index in [1.165, 1.54) is 18.1 Å². The number of carbonyl (C=O) groups excluding carboxylic acids is 2. The number of aromatic nitrogens is 3. The Balaban J connectivity index is 1.51. The fraction of sp³-hybridized carbons (Fsp3) is 0.469. The van der Waals surface area contributed by atoms with Crippen molar-refractivity contribution in [2.75, 3.05) is 58.4 Å². The number of amides is 2. The van der Waals surface area contributed by atoms with Crippen LogP contribution in [0.25, 0.3) is 11.3 Å². The zero-order chi connectivity index (χ0) is 33.9. The predicted molar refractivity (Wildman–Crippen MR) is 165 cm³/mol. The molecule has 2 amide bonds. The first-order chi connectivity index (χ1) is 22.4. The summed E-state index contributed by atoms with van der Waals surface area (Å²) in [5.41, 5.74) is -0.478. The van der Waals surface area contributed by atoms with Crippen LogP contribution in [0.1, 0.15) is 46.8 Å². The molecule has 0 radical (unpaired) electrons. The molecule has 3 atom stereocenters. The Morgan fingerprint density at radius 3 is 2.49 bits per heavy atom. The number of hydrogen-bond donors (Lipinski definition) is 1. The second-order valence-electron chi connectivity index (χ2n) is 11.4. The highest BCUT2D eigenvalue weighted by molar-refractivity contribution is 6.00. The van der Waals surface area contributed by atoms with Crippen molar-refractivity contribution in [2.24, 2.45) is 0 Å². The number of nitrogens with one attached hydrogen (secondary N) is 1. The minimum Gasteiger partial charge on any atom is -0.492 e. The van der Waals surface area contributed by atoms with Crippen LogP contribution in [-0.4, -0.2) is 108 Å². The van der Waals surface area contributed by atoms with Crippen LogP contribution in [0.3, 0.4) is 0 Å². The van der Waals surface area contributed by atoms with Gasteiger partial charge in [0.25, 0.3) is 11.8 Å². The third kappa shape index (κ3) is 7.24. The van der Waals surface area contributed by atoms with E-state index < -0.39 is 47.5 Å². The number of pyridine rings is 3. The van der Waals surface area contributed by atoms with E-state index in [2.05, 4.69) is 15.3 Å². The molecular formula is C32H37F4N7O4. The van der Waals surface area contributed by atoms with Crippen LogP contribution in [0.5, 0.6) is 11.6 Å². The maximum Gasteiger partial charge on any atom is 0.434 e. The van der Waals surface area contributed by atoms with Gasteiger partial charge in [0.1, 0.15) is 17.6 Å². The van der Waals surface area contributed by atoms with Gasteiger partial charge in [-0.1, -0.05) is 6.92 Å². The summed E-state index contributed by atoms with van der Waals surface area (Å²) >= 11 is 0. The lowest BCUT2D eigenvalue weighted by Crippen LogP contribution is -2.55. The van der Waals surface area contributed by atoms with Crippen LogP contribution in [0.2, 0.25) is 0 Å². The van der Waals surface area contributed by atoms with Gasteiger partial charge in [0.15, 0.2) is 11.4 Å². The van der Waals surface area contributed by atoms with Crippen LogP contribution in [0, 0.1) is 0 Å². The van der Waals surface area contributed by atoms with Gasteiger partial charge in [0.05, 0.1) is 31.0 Å². The van der Waals surface area contributed by atoms with Gasteiger partial charge in [-0.15, -0.1) is 0 Å². The van der Waals surface area contributed by atoms with E-state index in [1.807, 2.05) is 18.7 Å². The molecule has 11 nitrogen and oxygen atoms in total. The molecule has 0 aliphatic carbocycles. The van der Waals surface area contributed by atoms with Crippen molar-refractivity contribution in [2.45, 2.75) is 44.7 Å². The van der Waals surface area contributed by atoms with Crippen LogP contribution >= 0.6 is 0 Å². The van der Waals surface area contributed by atoms with Crippen molar-refractivity contribution >= 4 is 17.5 Å². The van der Waals surface area contributed by atoms with Gasteiger partial charge in [0.2, 0.25) is 5.88 Å². The lowest BCUT2D eigenvalue weighted by Gasteiger charge is -2.43. The van der Waals surface area contributed by atoms with Crippen LogP contribution in [0.15, 0.2) is 42.7 Å². The SMILES string of the molecule is CCOc1cc(N2CCN(C(=O)c3ccc(OC)nc3C(F)(F)F)C[C@H]2CC)c(C(=O)N[C@H]2CN(C)C[C@H]2F)nc1-c1cccnc1. The molecule has 2 saturated heterocycles. The molecule has 3 aromatic heterocycles. The summed E-state index contributed by atoms with van der Waals surface area (Å²) in [7, 11) is 2.97. The van der Waals surface area contributed by atoms with E-state index in [-0.39, 0.29) is 37.8 Å².